The van der Waals surface area contributed by atoms with E-state index in [-0.39, 0.29) is 36.1 Å². The maximum atomic E-state index is 12.2. The van der Waals surface area contributed by atoms with Crippen LogP contribution in [0, 0.1) is 5.92 Å². The van der Waals surface area contributed by atoms with E-state index in [0.717, 1.165) is 12.7 Å². The van der Waals surface area contributed by atoms with Crippen LogP contribution in [0.25, 0.3) is 0 Å². The summed E-state index contributed by atoms with van der Waals surface area (Å²) in [7, 11) is -1.32. The van der Waals surface area contributed by atoms with Crippen LogP contribution in [0.2, 0.25) is 0 Å². The van der Waals surface area contributed by atoms with Crippen LogP contribution in [0.15, 0.2) is 18.2 Å². The van der Waals surface area contributed by atoms with Gasteiger partial charge in [-0.1, -0.05) is 12.1 Å². The molecule has 1 saturated heterocycles. The summed E-state index contributed by atoms with van der Waals surface area (Å²) in [6.07, 6.45) is 1.94. The fourth-order valence-corrected chi connectivity index (χ4v) is 3.29. The van der Waals surface area contributed by atoms with Crippen molar-refractivity contribution < 1.29 is 29.2 Å². The molecular weight excluding hydrogens is 327 g/mol. The normalized spacial score (nSPS) is 22.8. The summed E-state index contributed by atoms with van der Waals surface area (Å²) < 4.78 is 5.34. The number of amides is 1. The number of carboxylic acids is 1. The summed E-state index contributed by atoms with van der Waals surface area (Å²) in [6, 6.07) is 4.72. The Labute approximate surface area is 144 Å². The van der Waals surface area contributed by atoms with Gasteiger partial charge in [-0.15, -0.1) is 0 Å². The van der Waals surface area contributed by atoms with Crippen molar-refractivity contribution in [2.75, 3.05) is 19.6 Å². The molecule has 1 unspecified atom stereocenters. The van der Waals surface area contributed by atoms with Crippen LogP contribution in [0.1, 0.15) is 22.3 Å². The molecule has 3 N–H and O–H groups in total. The fraction of sp³-hybridized carbons (Fsp3) is 0.438. The molecule has 1 aromatic carbocycles. The lowest BCUT2D eigenvalue weighted by molar-refractivity contribution is -0.122. The number of carboxylic acid groups (broad SMARTS) is 1. The number of fused-ring (bicyclic) bond motifs is 1. The second kappa shape index (κ2) is 7.24. The number of benzene rings is 1. The quantitative estimate of drug-likeness (QED) is 0.479. The Hall–Kier alpha value is -2.39. The van der Waals surface area contributed by atoms with Crippen molar-refractivity contribution in [1.82, 2.24) is 10.2 Å². The predicted octanol–water partition coefficient (Wildman–Crippen LogP) is -0.655. The summed E-state index contributed by atoms with van der Waals surface area (Å²) in [4.78, 5) is 36.1. The summed E-state index contributed by atoms with van der Waals surface area (Å²) >= 11 is 0. The highest BCUT2D eigenvalue weighted by Gasteiger charge is 2.38. The number of para-hydroxylation sites is 1. The number of likely N-dealkylation sites (tertiary alicyclic amines) is 1. The Balaban J connectivity index is 1.62. The lowest BCUT2D eigenvalue weighted by Crippen LogP contribution is -2.54. The van der Waals surface area contributed by atoms with E-state index in [4.69, 9.17) is 4.65 Å². The molecule has 2 aliphatic rings. The third-order valence-electron chi connectivity index (χ3n) is 4.56. The zero-order chi connectivity index (χ0) is 18.0. The van der Waals surface area contributed by atoms with Gasteiger partial charge in [0.25, 0.3) is 0 Å². The van der Waals surface area contributed by atoms with Crippen molar-refractivity contribution in [3.8, 4) is 5.75 Å². The second-order valence-corrected chi connectivity index (χ2v) is 6.41. The number of aldehydes is 1. The highest BCUT2D eigenvalue weighted by Crippen LogP contribution is 2.30. The third kappa shape index (κ3) is 3.83. The van der Waals surface area contributed by atoms with E-state index in [1.165, 1.54) is 6.07 Å². The van der Waals surface area contributed by atoms with Gasteiger partial charge >= 0.3 is 13.1 Å². The molecule has 132 valence electrons. The Kier molecular flexibility index (Phi) is 5.05. The molecule has 0 aliphatic carbocycles. The standard InChI is InChI=1S/C16H19BN2O6/c20-9-10-4-5-19(7-10)8-14(21)18-13-6-11-2-1-3-12(16(22)23)15(11)25-17(13)24/h1-3,9-10,13,24H,4-8H2,(H,18,21)(H,22,23)/t10?,13-/m0/s1. The molecule has 1 amide bonds. The number of carbonyl (C=O) groups excluding carboxylic acids is 2. The lowest BCUT2D eigenvalue weighted by atomic mass is 9.72. The number of nitrogens with zero attached hydrogens (tertiary/aromatic N) is 1. The number of rotatable bonds is 5. The first-order valence-electron chi connectivity index (χ1n) is 8.15. The van der Waals surface area contributed by atoms with Gasteiger partial charge in [0.1, 0.15) is 12.0 Å². The number of hydrogen-bond acceptors (Lipinski definition) is 6. The highest BCUT2D eigenvalue weighted by atomic mass is 16.5. The van der Waals surface area contributed by atoms with E-state index >= 15 is 0 Å². The van der Waals surface area contributed by atoms with Gasteiger partial charge in [-0.25, -0.2) is 4.79 Å². The van der Waals surface area contributed by atoms with Gasteiger partial charge in [-0.05, 0) is 31.0 Å². The molecule has 0 radical (unpaired) electrons. The Morgan fingerprint density at radius 2 is 2.24 bits per heavy atom. The number of aromatic carboxylic acids is 1. The molecular formula is C16H19BN2O6. The summed E-state index contributed by atoms with van der Waals surface area (Å²) in [6.45, 7) is 1.40. The topological polar surface area (TPSA) is 116 Å². The van der Waals surface area contributed by atoms with Crippen molar-refractivity contribution in [2.45, 2.75) is 18.8 Å². The monoisotopic (exact) mass is 346 g/mol. The smallest absolute Gasteiger partial charge is 0.534 e. The van der Waals surface area contributed by atoms with Crippen LogP contribution in [0.5, 0.6) is 5.75 Å². The SMILES string of the molecule is O=CC1CCN(CC(=O)N[C@H]2Cc3cccc(C(=O)O)c3OB2O)C1. The lowest BCUT2D eigenvalue weighted by Gasteiger charge is -2.29. The maximum absolute atomic E-state index is 12.2. The van der Waals surface area contributed by atoms with Crippen LogP contribution in [-0.4, -0.2) is 65.9 Å². The van der Waals surface area contributed by atoms with E-state index in [1.807, 2.05) is 4.90 Å². The second-order valence-electron chi connectivity index (χ2n) is 6.41. The molecule has 0 saturated carbocycles. The van der Waals surface area contributed by atoms with Crippen molar-refractivity contribution in [3.05, 3.63) is 29.3 Å². The third-order valence-corrected chi connectivity index (χ3v) is 4.56. The average Bonchev–Trinajstić information content (AvgIpc) is 3.02. The molecule has 8 nitrogen and oxygen atoms in total. The molecule has 3 rings (SSSR count). The van der Waals surface area contributed by atoms with Crippen molar-refractivity contribution in [3.63, 3.8) is 0 Å². The van der Waals surface area contributed by atoms with E-state index in [2.05, 4.69) is 5.32 Å². The van der Waals surface area contributed by atoms with Gasteiger partial charge in [0.2, 0.25) is 5.91 Å². The Morgan fingerprint density at radius 3 is 2.92 bits per heavy atom. The molecule has 1 aromatic rings. The number of carbonyl (C=O) groups is 3. The molecule has 0 spiro atoms. The average molecular weight is 346 g/mol. The van der Waals surface area contributed by atoms with Crippen molar-refractivity contribution >= 4 is 25.3 Å². The molecule has 0 aromatic heterocycles. The first kappa shape index (κ1) is 17.4. The molecule has 2 atom stereocenters. The number of hydrogen-bond donors (Lipinski definition) is 3. The van der Waals surface area contributed by atoms with E-state index in [0.29, 0.717) is 18.7 Å². The Morgan fingerprint density at radius 1 is 1.44 bits per heavy atom. The van der Waals surface area contributed by atoms with Crippen LogP contribution >= 0.6 is 0 Å². The predicted molar refractivity (Wildman–Crippen MR) is 88.2 cm³/mol. The first-order chi connectivity index (χ1) is 12.0. The zero-order valence-corrected chi connectivity index (χ0v) is 13.6. The van der Waals surface area contributed by atoms with Gasteiger partial charge in [0.05, 0.1) is 18.0 Å². The minimum absolute atomic E-state index is 0.0155. The number of nitrogens with one attached hydrogen (secondary N) is 1. The van der Waals surface area contributed by atoms with Crippen LogP contribution in [0.4, 0.5) is 0 Å². The fourth-order valence-electron chi connectivity index (χ4n) is 3.29. The minimum atomic E-state index is -1.32. The van der Waals surface area contributed by atoms with Crippen LogP contribution in [-0.2, 0) is 16.0 Å². The highest BCUT2D eigenvalue weighted by molar-refractivity contribution is 6.47. The van der Waals surface area contributed by atoms with Gasteiger partial charge in [0.15, 0.2) is 0 Å². The van der Waals surface area contributed by atoms with E-state index in [9.17, 15) is 24.5 Å². The minimum Gasteiger partial charge on any atom is -0.534 e. The first-order valence-corrected chi connectivity index (χ1v) is 8.15. The van der Waals surface area contributed by atoms with E-state index in [1.54, 1.807) is 12.1 Å². The van der Waals surface area contributed by atoms with Crippen molar-refractivity contribution in [2.24, 2.45) is 5.92 Å². The molecule has 25 heavy (non-hydrogen) atoms. The molecule has 2 aliphatic heterocycles. The Bertz CT molecular complexity index is 697. The van der Waals surface area contributed by atoms with Crippen LogP contribution in [0.3, 0.4) is 0 Å². The maximum Gasteiger partial charge on any atom is 0.547 e. The molecule has 1 fully saturated rings. The summed E-state index contributed by atoms with van der Waals surface area (Å²) in [5.41, 5.74) is 0.607. The zero-order valence-electron chi connectivity index (χ0n) is 13.6. The largest absolute Gasteiger partial charge is 0.547 e. The van der Waals surface area contributed by atoms with Gasteiger partial charge < -0.3 is 24.9 Å². The van der Waals surface area contributed by atoms with Gasteiger partial charge in [-0.3, -0.25) is 9.69 Å². The van der Waals surface area contributed by atoms with Gasteiger partial charge in [-0.2, -0.15) is 0 Å². The van der Waals surface area contributed by atoms with E-state index < -0.39 is 19.0 Å². The molecule has 2 heterocycles. The van der Waals surface area contributed by atoms with Crippen molar-refractivity contribution in [1.29, 1.82) is 0 Å². The molecule has 0 bridgehead atoms. The summed E-state index contributed by atoms with van der Waals surface area (Å²) in [5.74, 6) is -1.95. The van der Waals surface area contributed by atoms with Gasteiger partial charge in [0, 0.05) is 12.5 Å². The van der Waals surface area contributed by atoms with Crippen LogP contribution < -0.4 is 9.97 Å². The summed E-state index contributed by atoms with van der Waals surface area (Å²) in [5, 5.41) is 22.0. The molecule has 9 heteroatoms.